The molecule has 0 fully saturated rings. The van der Waals surface area contributed by atoms with E-state index in [1.54, 1.807) is 0 Å². The molecule has 4 aliphatic rings. The van der Waals surface area contributed by atoms with Crippen LogP contribution in [0.25, 0.3) is 83.0 Å². The normalized spacial score (nSPS) is 14.9. The maximum absolute atomic E-state index is 10.2. The van der Waals surface area contributed by atoms with E-state index in [-0.39, 0.29) is 5.92 Å². The van der Waals surface area contributed by atoms with Gasteiger partial charge in [0.15, 0.2) is 0 Å². The van der Waals surface area contributed by atoms with Crippen molar-refractivity contribution in [2.75, 3.05) is 9.80 Å². The van der Waals surface area contributed by atoms with Crippen LogP contribution < -0.4 is 9.80 Å². The quantitative estimate of drug-likeness (QED) is 0.144. The summed E-state index contributed by atoms with van der Waals surface area (Å²) in [4.78, 5) is 4.72. The fraction of sp³-hybridized carbons (Fsp3) is 0.0263. The number of fused-ring (bicyclic) bond motifs is 6. The van der Waals surface area contributed by atoms with Crippen molar-refractivity contribution in [2.24, 2.45) is 5.92 Å². The summed E-state index contributed by atoms with van der Waals surface area (Å²) in [7, 11) is 0. The summed E-state index contributed by atoms with van der Waals surface area (Å²) >= 11 is 0. The van der Waals surface area contributed by atoms with Gasteiger partial charge in [-0.2, -0.15) is 10.5 Å². The average molecular weight is 1050 g/mol. The van der Waals surface area contributed by atoms with Gasteiger partial charge >= 0.3 is 0 Å². The Morgan fingerprint density at radius 2 is 1.00 bits per heavy atom. The molecule has 10 aromatic carbocycles. The molecule has 0 amide bonds. The number of allylic oxidation sites excluding steroid dienone is 12. The lowest BCUT2D eigenvalue weighted by Crippen LogP contribution is -2.23. The lowest BCUT2D eigenvalue weighted by molar-refractivity contribution is 0.863. The van der Waals surface area contributed by atoms with E-state index >= 15 is 0 Å². The fourth-order valence-corrected chi connectivity index (χ4v) is 13.3. The summed E-state index contributed by atoms with van der Waals surface area (Å²) < 4.78 is 4.71. The topological polar surface area (TPSA) is 63.9 Å². The molecule has 2 heterocycles. The van der Waals surface area contributed by atoms with Gasteiger partial charge in [-0.25, -0.2) is 0 Å². The molecular weight excluding hydrogens is 997 g/mol. The molecule has 0 aliphatic heterocycles. The Morgan fingerprint density at radius 3 is 1.62 bits per heavy atom. The van der Waals surface area contributed by atoms with Crippen molar-refractivity contribution < 1.29 is 0 Å². The molecule has 4 aliphatic carbocycles. The summed E-state index contributed by atoms with van der Waals surface area (Å²) in [6.07, 6.45) is 20.3. The standard InChI is InChI=1S/C76H48N6/c77-47-49-37-53-13-11-15-55-41-65(43-57(39-49)75(53)55)79(63-33-35-73-69(45-63)67-21-7-9-23-71(67)81(73)59-17-3-1-4-18-59)61-29-25-51(26-30-61)52-27-31-62(32-28-52)80(66-42-56-16-12-14-54-38-50(48-78)40-58(44-66)76(54)56)64-34-36-74-70(46-64)68-22-8-10-24-72(68)82(74)60-19-5-2-6-20-60/h1-13,15-46,75H,14H2. The molecule has 0 spiro atoms. The molecule has 6 nitrogen and oxygen atoms in total. The van der Waals surface area contributed by atoms with Gasteiger partial charge in [0.2, 0.25) is 0 Å². The van der Waals surface area contributed by atoms with E-state index in [1.807, 2.05) is 24.3 Å². The van der Waals surface area contributed by atoms with Gasteiger partial charge in [-0.1, -0.05) is 127 Å². The maximum atomic E-state index is 10.2. The molecule has 1 atom stereocenters. The Labute approximate surface area is 474 Å². The number of hydrogen-bond donors (Lipinski definition) is 0. The van der Waals surface area contributed by atoms with E-state index in [9.17, 15) is 10.5 Å². The minimum Gasteiger partial charge on any atom is -0.310 e. The van der Waals surface area contributed by atoms with Crippen LogP contribution in [-0.4, -0.2) is 9.13 Å². The van der Waals surface area contributed by atoms with Crippen molar-refractivity contribution >= 4 is 88.9 Å². The van der Waals surface area contributed by atoms with Crippen LogP contribution in [0.1, 0.15) is 16.7 Å². The van der Waals surface area contributed by atoms with Crippen LogP contribution in [0.2, 0.25) is 0 Å². The van der Waals surface area contributed by atoms with Crippen molar-refractivity contribution in [3.05, 3.63) is 312 Å². The first-order chi connectivity index (χ1) is 40.5. The first kappa shape index (κ1) is 46.9. The number of benzene rings is 10. The highest BCUT2D eigenvalue weighted by molar-refractivity contribution is 6.12. The van der Waals surface area contributed by atoms with Crippen molar-refractivity contribution in [3.63, 3.8) is 0 Å². The van der Waals surface area contributed by atoms with Crippen LogP contribution in [-0.2, 0) is 6.42 Å². The van der Waals surface area contributed by atoms with Crippen LogP contribution in [0.15, 0.2) is 295 Å². The Kier molecular flexibility index (Phi) is 10.7. The fourth-order valence-electron chi connectivity index (χ4n) is 13.3. The van der Waals surface area contributed by atoms with Gasteiger partial charge < -0.3 is 18.9 Å². The zero-order chi connectivity index (χ0) is 54.4. The number of hydrogen-bond acceptors (Lipinski definition) is 4. The number of nitrogens with zero attached hydrogens (tertiary/aromatic N) is 6. The molecular formula is C76H48N6. The number of nitriles is 2. The molecule has 1 unspecified atom stereocenters. The third-order valence-corrected chi connectivity index (χ3v) is 16.8. The summed E-state index contributed by atoms with van der Waals surface area (Å²) in [6, 6.07) is 83.5. The first-order valence-electron chi connectivity index (χ1n) is 27.8. The summed E-state index contributed by atoms with van der Waals surface area (Å²) in [5.74, 6) is 0.0833. The largest absolute Gasteiger partial charge is 0.310 e. The molecule has 12 aromatic rings. The van der Waals surface area contributed by atoms with Crippen molar-refractivity contribution in [3.8, 4) is 34.6 Å². The SMILES string of the molecule is N#CC1=CC2=CC=CC3=CC(N(c4ccc(-c5ccc(N(c6cc7c8c(cc(C#N)cc8c6)CC=C7)c6ccc7c(c6)c6ccccc6n7-c6ccccc6)cc5)cc4)c4ccc5c(c4)c4ccccc4n5-c4ccccc4)=CC(=C1)C23. The molecule has 0 saturated heterocycles. The van der Waals surface area contributed by atoms with Gasteiger partial charge in [0.25, 0.3) is 0 Å². The number of para-hydroxylation sites is 4. The molecule has 0 saturated carbocycles. The molecule has 382 valence electrons. The van der Waals surface area contributed by atoms with Crippen LogP contribution >= 0.6 is 0 Å². The maximum Gasteiger partial charge on any atom is 0.0991 e. The smallest absolute Gasteiger partial charge is 0.0991 e. The summed E-state index contributed by atoms with van der Waals surface area (Å²) in [6.45, 7) is 0. The van der Waals surface area contributed by atoms with Gasteiger partial charge in [0, 0.05) is 73.0 Å². The Bertz CT molecular complexity index is 5000. The lowest BCUT2D eigenvalue weighted by Gasteiger charge is -2.35. The van der Waals surface area contributed by atoms with Gasteiger partial charge in [-0.15, -0.1) is 0 Å². The Morgan fingerprint density at radius 1 is 0.427 bits per heavy atom. The predicted octanol–water partition coefficient (Wildman–Crippen LogP) is 19.1. The lowest BCUT2D eigenvalue weighted by atomic mass is 9.74. The van der Waals surface area contributed by atoms with Crippen LogP contribution in [0, 0.1) is 28.6 Å². The second-order valence-corrected chi connectivity index (χ2v) is 21.6. The third kappa shape index (κ3) is 7.55. The van der Waals surface area contributed by atoms with Crippen LogP contribution in [0.4, 0.5) is 28.4 Å². The van der Waals surface area contributed by atoms with Crippen LogP contribution in [0.5, 0.6) is 0 Å². The molecule has 16 rings (SSSR count). The number of rotatable bonds is 9. The number of aromatic nitrogens is 2. The zero-order valence-corrected chi connectivity index (χ0v) is 44.4. The van der Waals surface area contributed by atoms with E-state index in [0.717, 1.165) is 107 Å². The summed E-state index contributed by atoms with van der Waals surface area (Å²) in [5, 5.41) is 27.3. The molecule has 0 bridgehead atoms. The highest BCUT2D eigenvalue weighted by Gasteiger charge is 2.31. The van der Waals surface area contributed by atoms with Gasteiger partial charge in [0.1, 0.15) is 0 Å². The highest BCUT2D eigenvalue weighted by Crippen LogP contribution is 2.47. The molecule has 6 heteroatoms. The predicted molar refractivity (Wildman–Crippen MR) is 337 cm³/mol. The van der Waals surface area contributed by atoms with E-state index in [2.05, 4.69) is 280 Å². The molecule has 2 aromatic heterocycles. The first-order valence-corrected chi connectivity index (χ1v) is 27.8. The highest BCUT2D eigenvalue weighted by atomic mass is 15.2. The second kappa shape index (κ2) is 18.7. The second-order valence-electron chi connectivity index (χ2n) is 21.6. The van der Waals surface area contributed by atoms with Crippen molar-refractivity contribution in [2.45, 2.75) is 6.42 Å². The van der Waals surface area contributed by atoms with Crippen molar-refractivity contribution in [1.29, 1.82) is 10.5 Å². The average Bonchev–Trinajstić information content (AvgIpc) is 4.13. The minimum atomic E-state index is 0.0833. The van der Waals surface area contributed by atoms with Gasteiger partial charge in [-0.3, -0.25) is 0 Å². The van der Waals surface area contributed by atoms with E-state index in [1.165, 1.54) is 38.1 Å². The van der Waals surface area contributed by atoms with Crippen LogP contribution in [0.3, 0.4) is 0 Å². The molecule has 0 radical (unpaired) electrons. The summed E-state index contributed by atoms with van der Waals surface area (Å²) in [5.41, 5.74) is 22.2. The monoisotopic (exact) mass is 1040 g/mol. The minimum absolute atomic E-state index is 0.0833. The van der Waals surface area contributed by atoms with E-state index in [4.69, 9.17) is 0 Å². The van der Waals surface area contributed by atoms with Gasteiger partial charge in [-0.05, 0) is 202 Å². The van der Waals surface area contributed by atoms with Gasteiger partial charge in [0.05, 0.1) is 45.3 Å². The molecule has 0 N–H and O–H groups in total. The zero-order valence-electron chi connectivity index (χ0n) is 44.4. The Balaban J connectivity index is 0.816. The number of anilines is 5. The van der Waals surface area contributed by atoms with Crippen molar-refractivity contribution in [1.82, 2.24) is 9.13 Å². The Hall–Kier alpha value is -11.2. The molecule has 82 heavy (non-hydrogen) atoms. The van der Waals surface area contributed by atoms with E-state index < -0.39 is 0 Å². The van der Waals surface area contributed by atoms with E-state index in [0.29, 0.717) is 11.1 Å². The third-order valence-electron chi connectivity index (χ3n) is 16.8.